The van der Waals surface area contributed by atoms with Crippen LogP contribution in [-0.2, 0) is 4.79 Å². The Bertz CT molecular complexity index is 541. The van der Waals surface area contributed by atoms with Gasteiger partial charge in [0.25, 0.3) is 0 Å². The number of allylic oxidation sites excluding steroid dienone is 4. The normalized spacial score (nSPS) is 18.7. The molecule has 0 aliphatic heterocycles. The number of benzene rings is 1. The molecule has 1 aromatic carbocycles. The summed E-state index contributed by atoms with van der Waals surface area (Å²) < 4.78 is 0. The summed E-state index contributed by atoms with van der Waals surface area (Å²) in [6.45, 7) is 8.22. The highest BCUT2D eigenvalue weighted by Crippen LogP contribution is 2.36. The van der Waals surface area contributed by atoms with Crippen molar-refractivity contribution in [2.45, 2.75) is 40.5 Å². The number of Topliss-reactive ketones (excluding diaryl/α,β-unsaturated/α-hetero) is 1. The molecule has 0 aromatic heterocycles. The maximum atomic E-state index is 12.0. The van der Waals surface area contributed by atoms with Crippen molar-refractivity contribution in [1.29, 1.82) is 0 Å². The molecule has 0 N–H and O–H groups in total. The zero-order valence-electron chi connectivity index (χ0n) is 12.9. The third-order valence-corrected chi connectivity index (χ3v) is 4.08. The molecule has 20 heavy (non-hydrogen) atoms. The van der Waals surface area contributed by atoms with Gasteiger partial charge in [0.1, 0.15) is 5.78 Å². The van der Waals surface area contributed by atoms with Crippen molar-refractivity contribution in [2.24, 2.45) is 11.3 Å². The monoisotopic (exact) mass is 268 g/mol. The summed E-state index contributed by atoms with van der Waals surface area (Å²) in [6.07, 6.45) is 5.93. The second-order valence-corrected chi connectivity index (χ2v) is 6.62. The summed E-state index contributed by atoms with van der Waals surface area (Å²) in [7, 11) is 0. The van der Waals surface area contributed by atoms with Crippen molar-refractivity contribution < 1.29 is 4.79 Å². The van der Waals surface area contributed by atoms with E-state index in [0.717, 1.165) is 6.42 Å². The molecule has 1 atom stereocenters. The molecule has 106 valence electrons. The second kappa shape index (κ2) is 5.78. The Kier molecular flexibility index (Phi) is 4.27. The van der Waals surface area contributed by atoms with E-state index in [-0.39, 0.29) is 5.41 Å². The Morgan fingerprint density at radius 2 is 1.75 bits per heavy atom. The average Bonchev–Trinajstić information content (AvgIpc) is 2.77. The first-order valence-corrected chi connectivity index (χ1v) is 7.39. The van der Waals surface area contributed by atoms with Crippen LogP contribution in [0.3, 0.4) is 0 Å². The Labute approximate surface area is 122 Å². The van der Waals surface area contributed by atoms with Crippen molar-refractivity contribution in [3.05, 3.63) is 53.6 Å². The molecule has 1 aromatic rings. The van der Waals surface area contributed by atoms with Crippen molar-refractivity contribution in [3.63, 3.8) is 0 Å². The van der Waals surface area contributed by atoms with Crippen molar-refractivity contribution in [3.8, 4) is 0 Å². The molecule has 1 heteroatoms. The third kappa shape index (κ3) is 3.27. The van der Waals surface area contributed by atoms with Gasteiger partial charge in [0.05, 0.1) is 0 Å². The van der Waals surface area contributed by atoms with Crippen LogP contribution in [-0.4, -0.2) is 5.78 Å². The van der Waals surface area contributed by atoms with Crippen molar-refractivity contribution in [2.75, 3.05) is 0 Å². The van der Waals surface area contributed by atoms with Gasteiger partial charge in [-0.1, -0.05) is 75.8 Å². The van der Waals surface area contributed by atoms with Crippen molar-refractivity contribution >= 4 is 11.4 Å². The van der Waals surface area contributed by atoms with Gasteiger partial charge in [0.2, 0.25) is 0 Å². The zero-order chi connectivity index (χ0) is 14.8. The van der Waals surface area contributed by atoms with Crippen molar-refractivity contribution in [1.82, 2.24) is 0 Å². The molecule has 0 fully saturated rings. The van der Waals surface area contributed by atoms with Crippen LogP contribution in [0.5, 0.6) is 0 Å². The van der Waals surface area contributed by atoms with Crippen LogP contribution in [0.25, 0.3) is 5.57 Å². The van der Waals surface area contributed by atoms with E-state index < -0.39 is 0 Å². The molecule has 0 radical (unpaired) electrons. The molecule has 0 amide bonds. The zero-order valence-corrected chi connectivity index (χ0v) is 12.9. The molecule has 0 spiro atoms. The largest absolute Gasteiger partial charge is 0.299 e. The number of carbonyl (C=O) groups excluding carboxylic acids is 1. The summed E-state index contributed by atoms with van der Waals surface area (Å²) in [5.41, 5.74) is 3.80. The first kappa shape index (κ1) is 14.8. The quantitative estimate of drug-likeness (QED) is 0.747. The van der Waals surface area contributed by atoms with Gasteiger partial charge in [-0.3, -0.25) is 4.79 Å². The summed E-state index contributed by atoms with van der Waals surface area (Å²) in [5, 5.41) is 0. The Morgan fingerprint density at radius 3 is 2.35 bits per heavy atom. The maximum Gasteiger partial charge on any atom is 0.138 e. The first-order valence-electron chi connectivity index (χ1n) is 7.39. The number of hydrogen-bond acceptors (Lipinski definition) is 1. The topological polar surface area (TPSA) is 17.1 Å². The third-order valence-electron chi connectivity index (χ3n) is 4.08. The fraction of sp³-hybridized carbons (Fsp3) is 0.421. The van der Waals surface area contributed by atoms with Gasteiger partial charge in [-0.05, 0) is 17.6 Å². The highest BCUT2D eigenvalue weighted by atomic mass is 16.1. The molecule has 1 aliphatic carbocycles. The van der Waals surface area contributed by atoms with Crippen LogP contribution < -0.4 is 0 Å². The molecule has 1 nitrogen and oxygen atoms in total. The van der Waals surface area contributed by atoms with Gasteiger partial charge < -0.3 is 0 Å². The van der Waals surface area contributed by atoms with Gasteiger partial charge in [0, 0.05) is 17.8 Å². The van der Waals surface area contributed by atoms with Gasteiger partial charge in [-0.2, -0.15) is 0 Å². The molecular weight excluding hydrogens is 244 g/mol. The van der Waals surface area contributed by atoms with Gasteiger partial charge in [0.15, 0.2) is 0 Å². The lowest BCUT2D eigenvalue weighted by Crippen LogP contribution is -2.20. The fourth-order valence-corrected chi connectivity index (χ4v) is 2.59. The number of ketones is 1. The standard InChI is InChI=1S/C19H24O/c1-14-15(11-13-18(20)19(2,3)4)10-12-17(14)16-8-6-5-7-9-16/h5-10,12,14H,11,13H2,1-4H3. The molecule has 0 saturated heterocycles. The van der Waals surface area contributed by atoms with Crippen LogP contribution >= 0.6 is 0 Å². The highest BCUT2D eigenvalue weighted by Gasteiger charge is 2.24. The summed E-state index contributed by atoms with van der Waals surface area (Å²) >= 11 is 0. The lowest BCUT2D eigenvalue weighted by atomic mass is 9.85. The molecule has 0 saturated carbocycles. The Morgan fingerprint density at radius 1 is 1.10 bits per heavy atom. The van der Waals surface area contributed by atoms with E-state index in [1.807, 2.05) is 26.8 Å². The average molecular weight is 268 g/mol. The van der Waals surface area contributed by atoms with Crippen LogP contribution in [0, 0.1) is 11.3 Å². The lowest BCUT2D eigenvalue weighted by Gasteiger charge is -2.19. The van der Waals surface area contributed by atoms with Crippen LogP contribution in [0.4, 0.5) is 0 Å². The van der Waals surface area contributed by atoms with E-state index in [0.29, 0.717) is 18.1 Å². The van der Waals surface area contributed by atoms with Crippen LogP contribution in [0.15, 0.2) is 48.1 Å². The molecular formula is C19H24O. The Balaban J connectivity index is 1.97. The van der Waals surface area contributed by atoms with Crippen LogP contribution in [0.2, 0.25) is 0 Å². The SMILES string of the molecule is CC1C(CCC(=O)C(C)(C)C)=CC=C1c1ccccc1. The Hall–Kier alpha value is -1.63. The summed E-state index contributed by atoms with van der Waals surface area (Å²) in [5.74, 6) is 0.768. The minimum atomic E-state index is -0.224. The maximum absolute atomic E-state index is 12.0. The van der Waals surface area contributed by atoms with E-state index in [2.05, 4.69) is 43.3 Å². The van der Waals surface area contributed by atoms with E-state index >= 15 is 0 Å². The first-order chi connectivity index (χ1) is 9.39. The minimum Gasteiger partial charge on any atom is -0.299 e. The number of carbonyl (C=O) groups is 1. The fourth-order valence-electron chi connectivity index (χ4n) is 2.59. The summed E-state index contributed by atoms with van der Waals surface area (Å²) in [4.78, 5) is 12.0. The lowest BCUT2D eigenvalue weighted by molar-refractivity contribution is -0.126. The van der Waals surface area contributed by atoms with E-state index in [4.69, 9.17) is 0 Å². The minimum absolute atomic E-state index is 0.224. The predicted octanol–water partition coefficient (Wildman–Crippen LogP) is 5.04. The van der Waals surface area contributed by atoms with Gasteiger partial charge >= 0.3 is 0 Å². The highest BCUT2D eigenvalue weighted by molar-refractivity contribution is 5.84. The predicted molar refractivity (Wildman–Crippen MR) is 85.4 cm³/mol. The molecule has 0 bridgehead atoms. The van der Waals surface area contributed by atoms with Gasteiger partial charge in [-0.25, -0.2) is 0 Å². The van der Waals surface area contributed by atoms with Gasteiger partial charge in [-0.15, -0.1) is 0 Å². The number of hydrogen-bond donors (Lipinski definition) is 0. The molecule has 1 aliphatic rings. The second-order valence-electron chi connectivity index (χ2n) is 6.62. The van der Waals surface area contributed by atoms with Crippen LogP contribution in [0.1, 0.15) is 46.1 Å². The smallest absolute Gasteiger partial charge is 0.138 e. The van der Waals surface area contributed by atoms with E-state index in [1.165, 1.54) is 16.7 Å². The molecule has 2 rings (SSSR count). The van der Waals surface area contributed by atoms with E-state index in [9.17, 15) is 4.79 Å². The van der Waals surface area contributed by atoms with E-state index in [1.54, 1.807) is 0 Å². The molecule has 0 heterocycles. The molecule has 1 unspecified atom stereocenters. The number of rotatable bonds is 4. The summed E-state index contributed by atoms with van der Waals surface area (Å²) in [6, 6.07) is 10.5.